The monoisotopic (exact) mass is 428 g/mol. The highest BCUT2D eigenvalue weighted by atomic mass is 79.9. The third kappa shape index (κ3) is 3.55. The van der Waals surface area contributed by atoms with Gasteiger partial charge in [-0.25, -0.2) is 9.07 Å². The van der Waals surface area contributed by atoms with E-state index in [0.717, 1.165) is 6.07 Å². The van der Waals surface area contributed by atoms with Crippen molar-refractivity contribution < 1.29 is 9.18 Å². The summed E-state index contributed by atoms with van der Waals surface area (Å²) in [6.45, 7) is 2.04. The lowest BCUT2D eigenvalue weighted by molar-refractivity contribution is 0.0747. The van der Waals surface area contributed by atoms with Crippen molar-refractivity contribution in [1.82, 2.24) is 14.7 Å². The van der Waals surface area contributed by atoms with Crippen molar-refractivity contribution in [1.29, 1.82) is 0 Å². The van der Waals surface area contributed by atoms with Gasteiger partial charge in [-0.1, -0.05) is 11.6 Å². The molecule has 2 aromatic rings. The van der Waals surface area contributed by atoms with Crippen LogP contribution in [0.25, 0.3) is 0 Å². The van der Waals surface area contributed by atoms with E-state index in [4.69, 9.17) is 11.6 Å². The molecule has 1 aromatic heterocycles. The molecule has 0 spiro atoms. The highest BCUT2D eigenvalue weighted by Crippen LogP contribution is 2.24. The molecule has 1 saturated heterocycles. The molecular formula is C16H15BrClFN4O2. The van der Waals surface area contributed by atoms with Crippen LogP contribution in [-0.2, 0) is 7.05 Å². The van der Waals surface area contributed by atoms with Crippen molar-refractivity contribution in [3.8, 4) is 0 Å². The molecule has 0 saturated carbocycles. The van der Waals surface area contributed by atoms with Crippen LogP contribution < -0.4 is 10.5 Å². The van der Waals surface area contributed by atoms with Gasteiger partial charge in [0.25, 0.3) is 11.5 Å². The van der Waals surface area contributed by atoms with Crippen molar-refractivity contribution in [2.75, 3.05) is 31.1 Å². The van der Waals surface area contributed by atoms with E-state index in [0.29, 0.717) is 36.3 Å². The third-order valence-electron chi connectivity index (χ3n) is 4.13. The number of halogens is 3. The number of amides is 1. The first-order valence-corrected chi connectivity index (χ1v) is 8.76. The summed E-state index contributed by atoms with van der Waals surface area (Å²) < 4.78 is 14.8. The van der Waals surface area contributed by atoms with Crippen LogP contribution in [0.1, 0.15) is 10.4 Å². The van der Waals surface area contributed by atoms with E-state index in [2.05, 4.69) is 21.0 Å². The Labute approximate surface area is 156 Å². The summed E-state index contributed by atoms with van der Waals surface area (Å²) in [4.78, 5) is 28.2. The fraction of sp³-hybridized carbons (Fsp3) is 0.312. The van der Waals surface area contributed by atoms with Gasteiger partial charge in [0.1, 0.15) is 10.3 Å². The number of piperazine rings is 1. The molecule has 0 radical (unpaired) electrons. The van der Waals surface area contributed by atoms with Crippen LogP contribution in [0, 0.1) is 5.82 Å². The Morgan fingerprint density at radius 2 is 1.96 bits per heavy atom. The van der Waals surface area contributed by atoms with Gasteiger partial charge in [0.15, 0.2) is 0 Å². The van der Waals surface area contributed by atoms with Gasteiger partial charge in [-0.15, -0.1) is 0 Å². The zero-order valence-electron chi connectivity index (χ0n) is 13.4. The highest BCUT2D eigenvalue weighted by molar-refractivity contribution is 9.10. The molecule has 1 fully saturated rings. The first-order valence-electron chi connectivity index (χ1n) is 7.59. The second kappa shape index (κ2) is 7.13. The molecule has 0 atom stereocenters. The zero-order chi connectivity index (χ0) is 18.1. The van der Waals surface area contributed by atoms with E-state index in [-0.39, 0.29) is 22.1 Å². The average molecular weight is 430 g/mol. The predicted molar refractivity (Wildman–Crippen MR) is 96.7 cm³/mol. The van der Waals surface area contributed by atoms with Crippen LogP contribution in [0.3, 0.4) is 0 Å². The first-order chi connectivity index (χ1) is 11.9. The smallest absolute Gasteiger partial charge is 0.282 e. The molecule has 0 bridgehead atoms. The lowest BCUT2D eigenvalue weighted by atomic mass is 10.1. The Balaban J connectivity index is 1.73. The lowest BCUT2D eigenvalue weighted by Crippen LogP contribution is -2.49. The van der Waals surface area contributed by atoms with Crippen LogP contribution in [-0.4, -0.2) is 46.8 Å². The minimum absolute atomic E-state index is 0.103. The Morgan fingerprint density at radius 1 is 1.28 bits per heavy atom. The summed E-state index contributed by atoms with van der Waals surface area (Å²) >= 11 is 9.29. The van der Waals surface area contributed by atoms with Gasteiger partial charge in [-0.3, -0.25) is 9.59 Å². The minimum atomic E-state index is -0.477. The van der Waals surface area contributed by atoms with E-state index in [9.17, 15) is 14.0 Å². The van der Waals surface area contributed by atoms with E-state index >= 15 is 0 Å². The number of aromatic nitrogens is 2. The summed E-state index contributed by atoms with van der Waals surface area (Å²) in [7, 11) is 1.58. The molecule has 6 nitrogen and oxygen atoms in total. The van der Waals surface area contributed by atoms with Crippen molar-refractivity contribution in [3.05, 3.63) is 55.6 Å². The van der Waals surface area contributed by atoms with E-state index in [1.807, 2.05) is 4.90 Å². The summed E-state index contributed by atoms with van der Waals surface area (Å²) in [5.41, 5.74) is 0.775. The average Bonchev–Trinajstić information content (AvgIpc) is 2.60. The SMILES string of the molecule is Cn1ncc(N2CCN(C(=O)c3ccc(F)cc3Cl)CC2)c(Br)c1=O. The summed E-state index contributed by atoms with van der Waals surface area (Å²) in [5, 5.41) is 4.14. The van der Waals surface area contributed by atoms with Crippen molar-refractivity contribution in [3.63, 3.8) is 0 Å². The van der Waals surface area contributed by atoms with Gasteiger partial charge in [-0.2, -0.15) is 5.10 Å². The number of benzene rings is 1. The molecule has 1 aliphatic rings. The van der Waals surface area contributed by atoms with Gasteiger partial charge in [-0.05, 0) is 34.1 Å². The number of hydrogen-bond donors (Lipinski definition) is 0. The van der Waals surface area contributed by atoms with Crippen molar-refractivity contribution >= 4 is 39.1 Å². The minimum Gasteiger partial charge on any atom is -0.366 e. The van der Waals surface area contributed by atoms with E-state index in [1.54, 1.807) is 18.1 Å². The summed E-state index contributed by atoms with van der Waals surface area (Å²) in [6, 6.07) is 3.75. The maximum absolute atomic E-state index is 13.1. The van der Waals surface area contributed by atoms with Crippen LogP contribution in [0.4, 0.5) is 10.1 Å². The Bertz CT molecular complexity index is 881. The molecule has 0 N–H and O–H groups in total. The normalized spacial score (nSPS) is 14.7. The van der Waals surface area contributed by atoms with E-state index in [1.165, 1.54) is 16.8 Å². The molecule has 1 aliphatic heterocycles. The Morgan fingerprint density at radius 3 is 2.60 bits per heavy atom. The lowest BCUT2D eigenvalue weighted by Gasteiger charge is -2.36. The van der Waals surface area contributed by atoms with Gasteiger partial charge in [0, 0.05) is 33.2 Å². The van der Waals surface area contributed by atoms with Crippen LogP contribution in [0.2, 0.25) is 5.02 Å². The van der Waals surface area contributed by atoms with Crippen molar-refractivity contribution in [2.24, 2.45) is 7.05 Å². The number of aryl methyl sites for hydroxylation is 1. The standard InChI is InChI=1S/C16H15BrClFN4O2/c1-21-16(25)14(17)13(9-20-21)22-4-6-23(7-5-22)15(24)11-3-2-10(19)8-12(11)18/h2-3,8-9H,4-7H2,1H3. The Kier molecular flexibility index (Phi) is 5.10. The molecule has 0 aliphatic carbocycles. The summed E-state index contributed by atoms with van der Waals surface area (Å²) in [6.07, 6.45) is 1.62. The molecule has 0 unspecified atom stereocenters. The fourth-order valence-corrected chi connectivity index (χ4v) is 3.56. The number of anilines is 1. The van der Waals surface area contributed by atoms with Crippen LogP contribution >= 0.6 is 27.5 Å². The van der Waals surface area contributed by atoms with Crippen LogP contribution in [0.15, 0.2) is 33.7 Å². The maximum Gasteiger partial charge on any atom is 0.282 e. The predicted octanol–water partition coefficient (Wildman–Crippen LogP) is 2.30. The number of hydrogen-bond acceptors (Lipinski definition) is 4. The molecule has 3 rings (SSSR count). The van der Waals surface area contributed by atoms with Gasteiger partial charge in [0.2, 0.25) is 0 Å². The summed E-state index contributed by atoms with van der Waals surface area (Å²) in [5.74, 6) is -0.708. The Hall–Kier alpha value is -1.93. The van der Waals surface area contributed by atoms with Crippen LogP contribution in [0.5, 0.6) is 0 Å². The highest BCUT2D eigenvalue weighted by Gasteiger charge is 2.25. The maximum atomic E-state index is 13.1. The second-order valence-corrected chi connectivity index (χ2v) is 6.88. The quantitative estimate of drug-likeness (QED) is 0.735. The van der Waals surface area contributed by atoms with Gasteiger partial charge in [0.05, 0.1) is 22.5 Å². The number of nitrogens with zero attached hydrogens (tertiary/aromatic N) is 4. The molecule has 25 heavy (non-hydrogen) atoms. The molecule has 2 heterocycles. The molecule has 9 heteroatoms. The number of rotatable bonds is 2. The van der Waals surface area contributed by atoms with Crippen molar-refractivity contribution in [2.45, 2.75) is 0 Å². The van der Waals surface area contributed by atoms with Gasteiger partial charge < -0.3 is 9.80 Å². The zero-order valence-corrected chi connectivity index (χ0v) is 15.7. The first kappa shape index (κ1) is 17.9. The fourth-order valence-electron chi connectivity index (χ4n) is 2.71. The molecule has 1 amide bonds. The van der Waals surface area contributed by atoms with E-state index < -0.39 is 5.82 Å². The molecular weight excluding hydrogens is 415 g/mol. The number of carbonyl (C=O) groups is 1. The topological polar surface area (TPSA) is 58.4 Å². The van der Waals surface area contributed by atoms with Gasteiger partial charge >= 0.3 is 0 Å². The third-order valence-corrected chi connectivity index (χ3v) is 5.19. The molecule has 1 aromatic carbocycles. The largest absolute Gasteiger partial charge is 0.366 e. The second-order valence-electron chi connectivity index (χ2n) is 5.68. The molecule has 132 valence electrons. The number of carbonyl (C=O) groups excluding carboxylic acids is 1.